The molecule has 1 aliphatic carbocycles. The highest BCUT2D eigenvalue weighted by atomic mass is 79.9. The Kier molecular flexibility index (Phi) is 5.60. The fourth-order valence-corrected chi connectivity index (χ4v) is 2.91. The van der Waals surface area contributed by atoms with Gasteiger partial charge in [-0.2, -0.15) is 0 Å². The van der Waals surface area contributed by atoms with Crippen molar-refractivity contribution in [2.75, 3.05) is 13.2 Å². The van der Waals surface area contributed by atoms with Crippen LogP contribution in [0.3, 0.4) is 0 Å². The molecule has 2 rings (SSSR count). The van der Waals surface area contributed by atoms with Crippen LogP contribution in [0.5, 0.6) is 0 Å². The van der Waals surface area contributed by atoms with Gasteiger partial charge in [-0.25, -0.2) is 0 Å². The van der Waals surface area contributed by atoms with Crippen molar-refractivity contribution in [3.8, 4) is 0 Å². The van der Waals surface area contributed by atoms with Gasteiger partial charge >= 0.3 is 0 Å². The van der Waals surface area contributed by atoms with Gasteiger partial charge in [-0.3, -0.25) is 9.88 Å². The molecule has 0 unspecified atom stereocenters. The molecule has 0 amide bonds. The third-order valence-corrected chi connectivity index (χ3v) is 4.10. The third kappa shape index (κ3) is 4.04. The highest BCUT2D eigenvalue weighted by Gasteiger charge is 2.20. The second kappa shape index (κ2) is 7.22. The first-order valence-corrected chi connectivity index (χ1v) is 7.54. The number of aliphatic hydroxyl groups excluding tert-OH is 1. The number of aromatic nitrogens is 1. The van der Waals surface area contributed by atoms with Crippen LogP contribution >= 0.6 is 15.9 Å². The van der Waals surface area contributed by atoms with Crippen molar-refractivity contribution >= 4 is 15.9 Å². The van der Waals surface area contributed by atoms with Gasteiger partial charge in [0.05, 0.1) is 12.3 Å². The lowest BCUT2D eigenvalue weighted by molar-refractivity contribution is 0.116. The first-order valence-electron chi connectivity index (χ1n) is 6.75. The number of aliphatic hydroxyl groups is 1. The molecule has 1 aromatic heterocycles. The molecule has 1 N–H and O–H groups in total. The maximum Gasteiger partial charge on any atom is 0.0558 e. The Morgan fingerprint density at radius 2 is 2.06 bits per heavy atom. The Hall–Kier alpha value is -0.450. The summed E-state index contributed by atoms with van der Waals surface area (Å²) in [5, 5.41) is 9.22. The number of rotatable bonds is 5. The average Bonchev–Trinajstić information content (AvgIpc) is 2.42. The molecule has 100 valence electrons. The molecule has 18 heavy (non-hydrogen) atoms. The van der Waals surface area contributed by atoms with Crippen LogP contribution < -0.4 is 0 Å². The first kappa shape index (κ1) is 14.0. The van der Waals surface area contributed by atoms with E-state index in [-0.39, 0.29) is 6.61 Å². The normalized spacial score (nSPS) is 17.3. The number of hydrogen-bond acceptors (Lipinski definition) is 3. The van der Waals surface area contributed by atoms with E-state index in [1.165, 1.54) is 32.1 Å². The van der Waals surface area contributed by atoms with E-state index in [4.69, 9.17) is 0 Å². The van der Waals surface area contributed by atoms with Gasteiger partial charge in [0.25, 0.3) is 0 Å². The third-order valence-electron chi connectivity index (χ3n) is 3.63. The Morgan fingerprint density at radius 3 is 2.67 bits per heavy atom. The molecule has 1 aromatic rings. The predicted molar refractivity (Wildman–Crippen MR) is 76.3 cm³/mol. The summed E-state index contributed by atoms with van der Waals surface area (Å²) in [4.78, 5) is 6.81. The maximum atomic E-state index is 9.22. The van der Waals surface area contributed by atoms with Crippen LogP contribution in [0.4, 0.5) is 0 Å². The number of pyridine rings is 1. The quantitative estimate of drug-likeness (QED) is 0.908. The summed E-state index contributed by atoms with van der Waals surface area (Å²) < 4.78 is 1.01. The van der Waals surface area contributed by atoms with Crippen molar-refractivity contribution in [1.82, 2.24) is 9.88 Å². The van der Waals surface area contributed by atoms with Gasteiger partial charge in [0.2, 0.25) is 0 Å². The molecule has 0 spiro atoms. The minimum atomic E-state index is 0.229. The molecule has 1 heterocycles. The zero-order chi connectivity index (χ0) is 12.8. The minimum Gasteiger partial charge on any atom is -0.395 e. The molecule has 3 nitrogen and oxygen atoms in total. The number of nitrogens with zero attached hydrogens (tertiary/aromatic N) is 2. The van der Waals surface area contributed by atoms with Gasteiger partial charge in [-0.05, 0) is 40.9 Å². The fraction of sp³-hybridized carbons (Fsp3) is 0.643. The molecule has 0 bridgehead atoms. The van der Waals surface area contributed by atoms with Gasteiger partial charge < -0.3 is 5.11 Å². The van der Waals surface area contributed by atoms with Crippen molar-refractivity contribution in [3.05, 3.63) is 28.5 Å². The van der Waals surface area contributed by atoms with Crippen molar-refractivity contribution in [1.29, 1.82) is 0 Å². The summed E-state index contributed by atoms with van der Waals surface area (Å²) in [5.74, 6) is 0. The van der Waals surface area contributed by atoms with E-state index < -0.39 is 0 Å². The molecule has 0 aromatic carbocycles. The van der Waals surface area contributed by atoms with Crippen LogP contribution in [-0.2, 0) is 6.54 Å². The van der Waals surface area contributed by atoms with E-state index in [9.17, 15) is 5.11 Å². The molecule has 0 atom stereocenters. The summed E-state index contributed by atoms with van der Waals surface area (Å²) in [6.07, 6.45) is 8.36. The summed E-state index contributed by atoms with van der Waals surface area (Å²) >= 11 is 3.40. The van der Waals surface area contributed by atoms with E-state index in [0.29, 0.717) is 6.04 Å². The Labute approximate surface area is 117 Å². The lowest BCUT2D eigenvalue weighted by Gasteiger charge is -2.33. The Bertz CT molecular complexity index is 349. The molecule has 0 aliphatic heterocycles. The highest BCUT2D eigenvalue weighted by molar-refractivity contribution is 9.10. The second-order valence-electron chi connectivity index (χ2n) is 4.95. The van der Waals surface area contributed by atoms with E-state index in [0.717, 1.165) is 23.3 Å². The molecule has 1 fully saturated rings. The average molecular weight is 313 g/mol. The largest absolute Gasteiger partial charge is 0.395 e. The SMILES string of the molecule is OCCN(Cc1ccc(Br)cn1)C1CCCCC1. The molecule has 0 saturated heterocycles. The van der Waals surface area contributed by atoms with Crippen LogP contribution in [0.25, 0.3) is 0 Å². The predicted octanol–water partition coefficient (Wildman–Crippen LogP) is 2.97. The van der Waals surface area contributed by atoms with Crippen molar-refractivity contribution in [2.45, 2.75) is 44.7 Å². The van der Waals surface area contributed by atoms with E-state index in [1.54, 1.807) is 0 Å². The zero-order valence-electron chi connectivity index (χ0n) is 10.7. The molecule has 0 radical (unpaired) electrons. The monoisotopic (exact) mass is 312 g/mol. The first-order chi connectivity index (χ1) is 8.79. The van der Waals surface area contributed by atoms with Crippen LogP contribution in [0.1, 0.15) is 37.8 Å². The molecule has 4 heteroatoms. The van der Waals surface area contributed by atoms with Crippen molar-refractivity contribution in [3.63, 3.8) is 0 Å². The highest BCUT2D eigenvalue weighted by Crippen LogP contribution is 2.23. The maximum absolute atomic E-state index is 9.22. The zero-order valence-corrected chi connectivity index (χ0v) is 12.3. The van der Waals surface area contributed by atoms with Gasteiger partial charge in [-0.15, -0.1) is 0 Å². The summed E-state index contributed by atoms with van der Waals surface area (Å²) in [6, 6.07) is 4.70. The Balaban J connectivity index is 1.98. The van der Waals surface area contributed by atoms with Gasteiger partial charge in [0.1, 0.15) is 0 Å². The fourth-order valence-electron chi connectivity index (χ4n) is 2.67. The smallest absolute Gasteiger partial charge is 0.0558 e. The molecule has 1 saturated carbocycles. The minimum absolute atomic E-state index is 0.229. The van der Waals surface area contributed by atoms with Gasteiger partial charge in [-0.1, -0.05) is 19.3 Å². The molecular weight excluding hydrogens is 292 g/mol. The van der Waals surface area contributed by atoms with E-state index >= 15 is 0 Å². The van der Waals surface area contributed by atoms with Gasteiger partial charge in [0.15, 0.2) is 0 Å². The lowest BCUT2D eigenvalue weighted by atomic mass is 9.94. The van der Waals surface area contributed by atoms with E-state index in [2.05, 4.69) is 31.9 Å². The van der Waals surface area contributed by atoms with Crippen LogP contribution in [-0.4, -0.2) is 34.2 Å². The standard InChI is InChI=1S/C14H21BrN2O/c15-12-6-7-13(16-10-12)11-17(8-9-18)14-4-2-1-3-5-14/h6-7,10,14,18H,1-5,8-9,11H2. The van der Waals surface area contributed by atoms with E-state index in [1.807, 2.05) is 12.3 Å². The van der Waals surface area contributed by atoms with Crippen molar-refractivity contribution < 1.29 is 5.11 Å². The van der Waals surface area contributed by atoms with Crippen LogP contribution in [0, 0.1) is 0 Å². The summed E-state index contributed by atoms with van der Waals surface area (Å²) in [6.45, 7) is 1.83. The topological polar surface area (TPSA) is 36.4 Å². The lowest BCUT2D eigenvalue weighted by Crippen LogP contribution is -2.38. The second-order valence-corrected chi connectivity index (χ2v) is 5.87. The summed E-state index contributed by atoms with van der Waals surface area (Å²) in [7, 11) is 0. The summed E-state index contributed by atoms with van der Waals surface area (Å²) in [5.41, 5.74) is 1.08. The van der Waals surface area contributed by atoms with Crippen molar-refractivity contribution in [2.24, 2.45) is 0 Å². The Morgan fingerprint density at radius 1 is 1.28 bits per heavy atom. The molecule has 1 aliphatic rings. The number of halogens is 1. The van der Waals surface area contributed by atoms with Crippen LogP contribution in [0.15, 0.2) is 22.8 Å². The molecular formula is C14H21BrN2O. The van der Waals surface area contributed by atoms with Gasteiger partial charge in [0, 0.05) is 29.8 Å². The van der Waals surface area contributed by atoms with Crippen LogP contribution in [0.2, 0.25) is 0 Å². The number of hydrogen-bond donors (Lipinski definition) is 1.